The number of carboxylic acids is 1. The molecule has 0 rings (SSSR count). The lowest BCUT2D eigenvalue weighted by Crippen LogP contribution is -2.16. The molecule has 0 amide bonds. The first-order valence-electron chi connectivity index (χ1n) is 4.07. The van der Waals surface area contributed by atoms with Crippen LogP contribution in [-0.2, 0) is 4.79 Å². The molecule has 0 heterocycles. The Morgan fingerprint density at radius 1 is 1.50 bits per heavy atom. The Kier molecular flexibility index (Phi) is 7.63. The van der Waals surface area contributed by atoms with E-state index < -0.39 is 5.97 Å². The molecular formula is C8H16N2O2. The molecule has 4 heteroatoms. The first-order valence-corrected chi connectivity index (χ1v) is 4.07. The van der Waals surface area contributed by atoms with Gasteiger partial charge in [-0.2, -0.15) is 0 Å². The van der Waals surface area contributed by atoms with Crippen molar-refractivity contribution >= 4 is 5.97 Å². The molecule has 0 aliphatic carbocycles. The number of carbonyl (C=O) groups is 1. The molecule has 4 N–H and O–H groups in total. The highest BCUT2D eigenvalue weighted by Crippen LogP contribution is 1.81. The predicted molar refractivity (Wildman–Crippen MR) is 47.9 cm³/mol. The molecule has 0 aromatic heterocycles. The molecule has 0 bridgehead atoms. The monoisotopic (exact) mass is 172 g/mol. The van der Waals surface area contributed by atoms with Crippen molar-refractivity contribution in [1.82, 2.24) is 5.32 Å². The van der Waals surface area contributed by atoms with Gasteiger partial charge in [0, 0.05) is 12.6 Å². The van der Waals surface area contributed by atoms with Crippen LogP contribution in [0.15, 0.2) is 12.2 Å². The van der Waals surface area contributed by atoms with Crippen molar-refractivity contribution in [2.24, 2.45) is 5.73 Å². The van der Waals surface area contributed by atoms with Crippen LogP contribution < -0.4 is 11.1 Å². The summed E-state index contributed by atoms with van der Waals surface area (Å²) < 4.78 is 0. The summed E-state index contributed by atoms with van der Waals surface area (Å²) in [4.78, 5) is 10.0. The topological polar surface area (TPSA) is 75.3 Å². The van der Waals surface area contributed by atoms with E-state index >= 15 is 0 Å². The van der Waals surface area contributed by atoms with Crippen molar-refractivity contribution in [3.05, 3.63) is 12.2 Å². The van der Waals surface area contributed by atoms with E-state index in [2.05, 4.69) is 5.32 Å². The van der Waals surface area contributed by atoms with E-state index in [1.165, 1.54) is 0 Å². The third-order valence-electron chi connectivity index (χ3n) is 1.33. The fourth-order valence-electron chi connectivity index (χ4n) is 0.739. The second-order valence-corrected chi connectivity index (χ2v) is 2.44. The van der Waals surface area contributed by atoms with Gasteiger partial charge in [0.05, 0.1) is 0 Å². The molecule has 0 fully saturated rings. The van der Waals surface area contributed by atoms with Gasteiger partial charge in [0.1, 0.15) is 0 Å². The molecule has 0 spiro atoms. The first-order chi connectivity index (χ1) is 5.77. The average molecular weight is 172 g/mol. The zero-order valence-corrected chi connectivity index (χ0v) is 7.12. The highest BCUT2D eigenvalue weighted by molar-refractivity contribution is 5.79. The Hall–Kier alpha value is -0.870. The van der Waals surface area contributed by atoms with Crippen molar-refractivity contribution in [3.8, 4) is 0 Å². The van der Waals surface area contributed by atoms with E-state index in [4.69, 9.17) is 10.8 Å². The Bertz CT molecular complexity index is 146. The molecule has 70 valence electrons. The molecule has 0 aliphatic heterocycles. The van der Waals surface area contributed by atoms with E-state index in [-0.39, 0.29) is 0 Å². The van der Waals surface area contributed by atoms with Gasteiger partial charge in [-0.25, -0.2) is 4.79 Å². The van der Waals surface area contributed by atoms with Crippen molar-refractivity contribution in [2.45, 2.75) is 12.8 Å². The molecule has 0 aliphatic rings. The van der Waals surface area contributed by atoms with Gasteiger partial charge < -0.3 is 16.2 Å². The third kappa shape index (κ3) is 9.13. The van der Waals surface area contributed by atoms with Crippen molar-refractivity contribution in [1.29, 1.82) is 0 Å². The predicted octanol–water partition coefficient (Wildman–Crippen LogP) is -0.0443. The molecular weight excluding hydrogens is 156 g/mol. The highest BCUT2D eigenvalue weighted by atomic mass is 16.4. The summed E-state index contributed by atoms with van der Waals surface area (Å²) in [6.45, 7) is 2.21. The molecule has 0 atom stereocenters. The summed E-state index contributed by atoms with van der Waals surface area (Å²) in [7, 11) is 0. The van der Waals surface area contributed by atoms with Crippen LogP contribution in [0, 0.1) is 0 Å². The lowest BCUT2D eigenvalue weighted by Gasteiger charge is -1.98. The number of nitrogens with two attached hydrogens (primary N) is 1. The van der Waals surface area contributed by atoms with Crippen LogP contribution >= 0.6 is 0 Å². The zero-order valence-electron chi connectivity index (χ0n) is 7.12. The Labute approximate surface area is 72.4 Å². The van der Waals surface area contributed by atoms with Gasteiger partial charge in [0.2, 0.25) is 0 Å². The third-order valence-corrected chi connectivity index (χ3v) is 1.33. The Morgan fingerprint density at radius 2 is 2.25 bits per heavy atom. The minimum Gasteiger partial charge on any atom is -0.478 e. The quantitative estimate of drug-likeness (QED) is 0.372. The van der Waals surface area contributed by atoms with E-state index in [0.29, 0.717) is 13.1 Å². The van der Waals surface area contributed by atoms with Crippen LogP contribution in [0.3, 0.4) is 0 Å². The van der Waals surface area contributed by atoms with Crippen LogP contribution in [0.4, 0.5) is 0 Å². The highest BCUT2D eigenvalue weighted by Gasteiger charge is 1.86. The van der Waals surface area contributed by atoms with Crippen LogP contribution in [0.2, 0.25) is 0 Å². The second kappa shape index (κ2) is 8.23. The Morgan fingerprint density at radius 3 is 2.83 bits per heavy atom. The fraction of sp³-hybridized carbons (Fsp3) is 0.625. The minimum absolute atomic E-state index is 0.608. The van der Waals surface area contributed by atoms with E-state index in [1.54, 1.807) is 6.08 Å². The average Bonchev–Trinajstić information content (AvgIpc) is 2.02. The largest absolute Gasteiger partial charge is 0.478 e. The Balaban J connectivity index is 3.05. The number of nitrogens with one attached hydrogen (secondary N) is 1. The number of carboxylic acid groups (broad SMARTS) is 1. The molecule has 12 heavy (non-hydrogen) atoms. The molecule has 0 radical (unpaired) electrons. The summed E-state index contributed by atoms with van der Waals surface area (Å²) >= 11 is 0. The van der Waals surface area contributed by atoms with Gasteiger partial charge in [0.25, 0.3) is 0 Å². The number of hydrogen-bond acceptors (Lipinski definition) is 3. The molecule has 4 nitrogen and oxygen atoms in total. The normalized spacial score (nSPS) is 10.8. The molecule has 0 saturated carbocycles. The lowest BCUT2D eigenvalue weighted by atomic mass is 10.3. The van der Waals surface area contributed by atoms with Crippen molar-refractivity contribution in [2.75, 3.05) is 19.6 Å². The van der Waals surface area contributed by atoms with Crippen LogP contribution in [0.5, 0.6) is 0 Å². The lowest BCUT2D eigenvalue weighted by molar-refractivity contribution is -0.131. The summed E-state index contributed by atoms with van der Waals surface area (Å²) in [6.07, 6.45) is 4.77. The van der Waals surface area contributed by atoms with Gasteiger partial charge in [-0.15, -0.1) is 0 Å². The van der Waals surface area contributed by atoms with E-state index in [1.807, 2.05) is 0 Å². The first kappa shape index (κ1) is 11.1. The number of aliphatic carboxylic acids is 1. The van der Waals surface area contributed by atoms with Gasteiger partial charge in [-0.1, -0.05) is 6.08 Å². The van der Waals surface area contributed by atoms with Gasteiger partial charge in [0.15, 0.2) is 0 Å². The van der Waals surface area contributed by atoms with E-state index in [9.17, 15) is 4.79 Å². The summed E-state index contributed by atoms with van der Waals surface area (Å²) in [5.41, 5.74) is 5.29. The molecule has 0 aromatic carbocycles. The summed E-state index contributed by atoms with van der Waals surface area (Å²) in [5, 5.41) is 11.3. The van der Waals surface area contributed by atoms with Crippen molar-refractivity contribution in [3.63, 3.8) is 0 Å². The fourth-order valence-corrected chi connectivity index (χ4v) is 0.739. The maximum atomic E-state index is 10.0. The smallest absolute Gasteiger partial charge is 0.328 e. The van der Waals surface area contributed by atoms with Gasteiger partial charge in [-0.3, -0.25) is 0 Å². The summed E-state index contributed by atoms with van der Waals surface area (Å²) in [5.74, 6) is -0.904. The number of hydrogen-bond donors (Lipinski definition) is 3. The van der Waals surface area contributed by atoms with Gasteiger partial charge >= 0.3 is 5.97 Å². The van der Waals surface area contributed by atoms with Crippen molar-refractivity contribution < 1.29 is 9.90 Å². The van der Waals surface area contributed by atoms with Crippen LogP contribution in [0.25, 0.3) is 0 Å². The van der Waals surface area contributed by atoms with Crippen LogP contribution in [-0.4, -0.2) is 30.7 Å². The summed E-state index contributed by atoms with van der Waals surface area (Å²) in [6, 6.07) is 0. The SMILES string of the molecule is NCCCCNCC=CC(=O)O. The minimum atomic E-state index is -0.904. The molecule has 0 aromatic rings. The number of rotatable bonds is 7. The maximum absolute atomic E-state index is 10.0. The second-order valence-electron chi connectivity index (χ2n) is 2.44. The van der Waals surface area contributed by atoms with E-state index in [0.717, 1.165) is 25.5 Å². The molecule has 0 saturated heterocycles. The van der Waals surface area contributed by atoms with Crippen LogP contribution in [0.1, 0.15) is 12.8 Å². The van der Waals surface area contributed by atoms with Gasteiger partial charge in [-0.05, 0) is 25.9 Å². The zero-order chi connectivity index (χ0) is 9.23. The molecule has 0 unspecified atom stereocenters. The standard InChI is InChI=1S/C8H16N2O2/c9-5-1-2-6-10-7-3-4-8(11)12/h3-4,10H,1-2,5-7,9H2,(H,11,12). The number of unbranched alkanes of at least 4 members (excludes halogenated alkanes) is 1. The maximum Gasteiger partial charge on any atom is 0.328 e.